The second kappa shape index (κ2) is 7.13. The van der Waals surface area contributed by atoms with Crippen molar-refractivity contribution in [3.05, 3.63) is 22.1 Å². The Morgan fingerprint density at radius 3 is 2.46 bits per heavy atom. The van der Waals surface area contributed by atoms with Gasteiger partial charge in [0.15, 0.2) is 5.12 Å². The molecule has 1 aromatic heterocycles. The molecule has 2 heterocycles. The zero-order chi connectivity index (χ0) is 19.9. The summed E-state index contributed by atoms with van der Waals surface area (Å²) in [4.78, 5) is 26.8. The van der Waals surface area contributed by atoms with Crippen LogP contribution in [0, 0.1) is 5.82 Å². The van der Waals surface area contributed by atoms with Crippen molar-refractivity contribution in [2.24, 2.45) is 0 Å². The molecule has 1 amide bonds. The van der Waals surface area contributed by atoms with Crippen molar-refractivity contribution in [2.45, 2.75) is 70.6 Å². The third kappa shape index (κ3) is 4.23. The average molecular weight is 404 g/mol. The Bertz CT molecular complexity index is 698. The second-order valence-electron chi connectivity index (χ2n) is 7.92. The van der Waals surface area contributed by atoms with Crippen LogP contribution in [0.1, 0.15) is 53.3 Å². The Hall–Kier alpha value is -1.12. The normalized spacial score (nSPS) is 22.2. The van der Waals surface area contributed by atoms with E-state index in [9.17, 15) is 14.0 Å². The first-order valence-electron chi connectivity index (χ1n) is 8.37. The molecular formula is C18H26FNO4S2. The molecule has 0 aromatic carbocycles. The first kappa shape index (κ1) is 21.2. The summed E-state index contributed by atoms with van der Waals surface area (Å²) in [6.07, 6.45) is -0.544. The molecule has 1 saturated heterocycles. The van der Waals surface area contributed by atoms with Crippen molar-refractivity contribution in [2.75, 3.05) is 6.61 Å². The number of halogens is 1. The smallest absolute Gasteiger partial charge is 0.412 e. The fourth-order valence-corrected chi connectivity index (χ4v) is 5.32. The monoisotopic (exact) mass is 403 g/mol. The van der Waals surface area contributed by atoms with Crippen LogP contribution in [0.25, 0.3) is 0 Å². The molecule has 1 aromatic rings. The topological polar surface area (TPSA) is 55.8 Å². The zero-order valence-corrected chi connectivity index (χ0v) is 17.8. The maximum atomic E-state index is 14.5. The molecule has 0 bridgehead atoms. The Kier molecular flexibility index (Phi) is 5.81. The van der Waals surface area contributed by atoms with Gasteiger partial charge in [0.1, 0.15) is 17.1 Å². The van der Waals surface area contributed by atoms with Crippen LogP contribution in [0.2, 0.25) is 0 Å². The van der Waals surface area contributed by atoms with Gasteiger partial charge in [-0.25, -0.2) is 9.18 Å². The third-order valence-corrected chi connectivity index (χ3v) is 6.58. The van der Waals surface area contributed by atoms with E-state index in [0.717, 1.165) is 11.8 Å². The molecule has 2 rings (SSSR count). The number of carbonyl (C=O) groups is 2. The number of nitrogens with zero attached hydrogens (tertiary/aromatic N) is 1. The zero-order valence-electron chi connectivity index (χ0n) is 16.2. The molecule has 8 heteroatoms. The second-order valence-corrected chi connectivity index (χ2v) is 10.5. The van der Waals surface area contributed by atoms with E-state index in [1.165, 1.54) is 29.2 Å². The summed E-state index contributed by atoms with van der Waals surface area (Å²) in [5, 5.41) is 1.48. The van der Waals surface area contributed by atoms with Crippen LogP contribution in [0.4, 0.5) is 9.18 Å². The molecule has 0 unspecified atom stereocenters. The van der Waals surface area contributed by atoms with E-state index >= 15 is 0 Å². The number of hydrogen-bond acceptors (Lipinski definition) is 6. The summed E-state index contributed by atoms with van der Waals surface area (Å²) < 4.78 is 24.9. The standard InChI is InChI=1S/C18H26FNO4S2/c1-11(21)26-18(7,14-12(19)8-9-25-14)13-10-23-17(5,6)20(13)15(22)24-16(2,3)4/h8-9,13H,10H2,1-7H3/t13-,18+/m0/s1. The van der Waals surface area contributed by atoms with Gasteiger partial charge in [-0.05, 0) is 53.0 Å². The van der Waals surface area contributed by atoms with Gasteiger partial charge >= 0.3 is 6.09 Å². The Labute approximate surface area is 162 Å². The van der Waals surface area contributed by atoms with E-state index < -0.39 is 28.2 Å². The van der Waals surface area contributed by atoms with E-state index in [-0.39, 0.29) is 17.5 Å². The van der Waals surface area contributed by atoms with Gasteiger partial charge in [-0.2, -0.15) is 0 Å². The van der Waals surface area contributed by atoms with E-state index in [1.54, 1.807) is 46.9 Å². The molecule has 146 valence electrons. The fraction of sp³-hybridized carbons (Fsp3) is 0.667. The number of hydrogen-bond donors (Lipinski definition) is 0. The van der Waals surface area contributed by atoms with Crippen LogP contribution in [0.5, 0.6) is 0 Å². The first-order chi connectivity index (χ1) is 11.8. The lowest BCUT2D eigenvalue weighted by atomic mass is 9.97. The Balaban J connectivity index is 2.50. The molecule has 1 aliphatic rings. The number of thiophene rings is 1. The molecule has 0 N–H and O–H groups in total. The van der Waals surface area contributed by atoms with Crippen LogP contribution < -0.4 is 0 Å². The van der Waals surface area contributed by atoms with Crippen LogP contribution in [-0.2, 0) is 19.0 Å². The molecule has 1 fully saturated rings. The first-order valence-corrected chi connectivity index (χ1v) is 10.1. The van der Waals surface area contributed by atoms with Crippen LogP contribution in [0.3, 0.4) is 0 Å². The number of thioether (sulfide) groups is 1. The average Bonchev–Trinajstić information content (AvgIpc) is 2.99. The van der Waals surface area contributed by atoms with Crippen molar-refractivity contribution >= 4 is 34.3 Å². The summed E-state index contributed by atoms with van der Waals surface area (Å²) >= 11 is 2.24. The van der Waals surface area contributed by atoms with Crippen molar-refractivity contribution < 1.29 is 23.5 Å². The van der Waals surface area contributed by atoms with Crippen LogP contribution >= 0.6 is 23.1 Å². The molecule has 2 atom stereocenters. The summed E-state index contributed by atoms with van der Waals surface area (Å²) in [6, 6.07) is 0.812. The largest absolute Gasteiger partial charge is 0.444 e. The van der Waals surface area contributed by atoms with E-state index in [4.69, 9.17) is 9.47 Å². The van der Waals surface area contributed by atoms with E-state index in [2.05, 4.69) is 0 Å². The fourth-order valence-electron chi connectivity index (χ4n) is 3.08. The molecule has 1 aliphatic heterocycles. The van der Waals surface area contributed by atoms with E-state index in [1.807, 2.05) is 0 Å². The van der Waals surface area contributed by atoms with Crippen molar-refractivity contribution in [1.82, 2.24) is 4.90 Å². The van der Waals surface area contributed by atoms with E-state index in [0.29, 0.717) is 4.88 Å². The van der Waals surface area contributed by atoms with Gasteiger partial charge in [0.2, 0.25) is 0 Å². The molecule has 0 saturated carbocycles. The minimum absolute atomic E-state index is 0.158. The summed E-state index contributed by atoms with van der Waals surface area (Å²) in [5.74, 6) is -0.389. The molecular weight excluding hydrogens is 377 g/mol. The van der Waals surface area contributed by atoms with Gasteiger partial charge < -0.3 is 9.47 Å². The quantitative estimate of drug-likeness (QED) is 0.729. The SMILES string of the molecule is CC(=O)S[C@@](C)(c1sccc1F)[C@@H]1COC(C)(C)N1C(=O)OC(C)(C)C. The third-order valence-electron chi connectivity index (χ3n) is 4.14. The highest BCUT2D eigenvalue weighted by molar-refractivity contribution is 8.14. The lowest BCUT2D eigenvalue weighted by molar-refractivity contribution is -0.109. The van der Waals surface area contributed by atoms with Crippen molar-refractivity contribution in [1.29, 1.82) is 0 Å². The number of rotatable bonds is 3. The van der Waals surface area contributed by atoms with Crippen LogP contribution in [-0.4, -0.2) is 40.1 Å². The van der Waals surface area contributed by atoms with Crippen molar-refractivity contribution in [3.8, 4) is 0 Å². The molecule has 0 radical (unpaired) electrons. The van der Waals surface area contributed by atoms with Gasteiger partial charge in [-0.1, -0.05) is 11.8 Å². The maximum Gasteiger partial charge on any atom is 0.412 e. The lowest BCUT2D eigenvalue weighted by Gasteiger charge is -2.41. The van der Waals surface area contributed by atoms with Gasteiger partial charge in [-0.3, -0.25) is 9.69 Å². The number of amides is 1. The highest BCUT2D eigenvalue weighted by Gasteiger charge is 2.55. The van der Waals surface area contributed by atoms with Crippen LogP contribution in [0.15, 0.2) is 11.4 Å². The maximum absolute atomic E-state index is 14.5. The van der Waals surface area contributed by atoms with Gasteiger partial charge in [0.05, 0.1) is 22.3 Å². The molecule has 0 spiro atoms. The summed E-state index contributed by atoms with van der Waals surface area (Å²) in [5.41, 5.74) is -1.61. The minimum atomic E-state index is -0.991. The van der Waals surface area contributed by atoms with Gasteiger partial charge in [0, 0.05) is 6.92 Å². The predicted molar refractivity (Wildman–Crippen MR) is 102 cm³/mol. The minimum Gasteiger partial charge on any atom is -0.444 e. The predicted octanol–water partition coefficient (Wildman–Crippen LogP) is 4.75. The Morgan fingerprint density at radius 2 is 2.00 bits per heavy atom. The van der Waals surface area contributed by atoms with Gasteiger partial charge in [-0.15, -0.1) is 11.3 Å². The highest BCUT2D eigenvalue weighted by Crippen LogP contribution is 2.49. The number of carbonyl (C=O) groups excluding carboxylic acids is 2. The molecule has 26 heavy (non-hydrogen) atoms. The number of ether oxygens (including phenoxy) is 2. The lowest BCUT2D eigenvalue weighted by Crippen LogP contribution is -2.55. The molecule has 5 nitrogen and oxygen atoms in total. The summed E-state index contributed by atoms with van der Waals surface area (Å²) in [7, 11) is 0. The summed E-state index contributed by atoms with van der Waals surface area (Å²) in [6.45, 7) is 12.3. The van der Waals surface area contributed by atoms with Crippen molar-refractivity contribution in [3.63, 3.8) is 0 Å². The van der Waals surface area contributed by atoms with Gasteiger partial charge in [0.25, 0.3) is 0 Å². The highest BCUT2D eigenvalue weighted by atomic mass is 32.2. The molecule has 0 aliphatic carbocycles. The Morgan fingerprint density at radius 1 is 1.38 bits per heavy atom.